The van der Waals surface area contributed by atoms with Crippen LogP contribution in [0.1, 0.15) is 16.9 Å². The van der Waals surface area contributed by atoms with Crippen molar-refractivity contribution in [2.45, 2.75) is 13.5 Å². The van der Waals surface area contributed by atoms with E-state index in [0.717, 1.165) is 5.56 Å². The van der Waals surface area contributed by atoms with E-state index in [2.05, 4.69) is 4.98 Å². The summed E-state index contributed by atoms with van der Waals surface area (Å²) in [4.78, 5) is 4.08. The van der Waals surface area contributed by atoms with E-state index in [0.29, 0.717) is 17.2 Å². The number of hydrogen-bond acceptors (Lipinski definition) is 4. The Hall–Kier alpha value is -2.30. The number of furan rings is 1. The van der Waals surface area contributed by atoms with Crippen molar-refractivity contribution >= 4 is 5.84 Å². The van der Waals surface area contributed by atoms with Crippen molar-refractivity contribution in [2.24, 2.45) is 5.73 Å². The molecule has 0 radical (unpaired) electrons. The van der Waals surface area contributed by atoms with Gasteiger partial charge in [0, 0.05) is 6.20 Å². The zero-order valence-electron chi connectivity index (χ0n) is 9.43. The number of aromatic nitrogens is 1. The van der Waals surface area contributed by atoms with Gasteiger partial charge in [0.15, 0.2) is 0 Å². The first-order valence-corrected chi connectivity index (χ1v) is 5.13. The molecule has 0 amide bonds. The summed E-state index contributed by atoms with van der Waals surface area (Å²) in [7, 11) is 0. The quantitative estimate of drug-likeness (QED) is 0.621. The molecule has 0 bridgehead atoms. The van der Waals surface area contributed by atoms with E-state index in [1.807, 2.05) is 13.0 Å². The van der Waals surface area contributed by atoms with Crippen molar-refractivity contribution in [1.29, 1.82) is 5.41 Å². The molecular weight excluding hydrogens is 218 g/mol. The number of rotatable bonds is 4. The second-order valence-electron chi connectivity index (χ2n) is 3.59. The maximum Gasteiger partial charge on any atom is 0.225 e. The maximum absolute atomic E-state index is 7.50. The number of amidine groups is 1. The predicted octanol–water partition coefficient (Wildman–Crippen LogP) is 1.85. The number of ether oxygens (including phenoxy) is 1. The first-order valence-electron chi connectivity index (χ1n) is 5.13. The Kier molecular flexibility index (Phi) is 3.09. The van der Waals surface area contributed by atoms with Gasteiger partial charge in [-0.1, -0.05) is 0 Å². The number of aryl methyl sites for hydroxylation is 1. The standard InChI is InChI=1S/C12H13N3O2/c1-8-4-5-15-12(10(8)11(13)14)17-7-9-3-2-6-16-9/h2-6H,7H2,1H3,(H3,13,14). The monoisotopic (exact) mass is 231 g/mol. The third-order valence-corrected chi connectivity index (χ3v) is 2.33. The number of pyridine rings is 1. The molecule has 0 atom stereocenters. The Morgan fingerprint density at radius 2 is 2.35 bits per heavy atom. The zero-order valence-corrected chi connectivity index (χ0v) is 9.43. The summed E-state index contributed by atoms with van der Waals surface area (Å²) in [5.74, 6) is 1.00. The van der Waals surface area contributed by atoms with Gasteiger partial charge >= 0.3 is 0 Å². The lowest BCUT2D eigenvalue weighted by Gasteiger charge is -2.10. The van der Waals surface area contributed by atoms with E-state index in [-0.39, 0.29) is 12.4 Å². The molecule has 2 aromatic heterocycles. The molecule has 0 aliphatic heterocycles. The van der Waals surface area contributed by atoms with Crippen molar-refractivity contribution in [3.8, 4) is 5.88 Å². The van der Waals surface area contributed by atoms with Crippen molar-refractivity contribution in [2.75, 3.05) is 0 Å². The van der Waals surface area contributed by atoms with Crippen LogP contribution in [0, 0.1) is 12.3 Å². The second-order valence-corrected chi connectivity index (χ2v) is 3.59. The van der Waals surface area contributed by atoms with Crippen LogP contribution in [0.4, 0.5) is 0 Å². The first-order chi connectivity index (χ1) is 8.18. The Bertz CT molecular complexity index is 521. The van der Waals surface area contributed by atoms with Crippen molar-refractivity contribution in [3.05, 3.63) is 47.5 Å². The lowest BCUT2D eigenvalue weighted by molar-refractivity contribution is 0.260. The third kappa shape index (κ3) is 2.44. The summed E-state index contributed by atoms with van der Waals surface area (Å²) in [6.45, 7) is 2.13. The van der Waals surface area contributed by atoms with Gasteiger partial charge in [0.05, 0.1) is 11.8 Å². The molecule has 0 spiro atoms. The van der Waals surface area contributed by atoms with E-state index < -0.39 is 0 Å². The fraction of sp³-hybridized carbons (Fsp3) is 0.167. The van der Waals surface area contributed by atoms with Crippen LogP contribution in [0.3, 0.4) is 0 Å². The van der Waals surface area contributed by atoms with Gasteiger partial charge in [-0.15, -0.1) is 0 Å². The lowest BCUT2D eigenvalue weighted by Crippen LogP contribution is -2.15. The fourth-order valence-electron chi connectivity index (χ4n) is 1.50. The fourth-order valence-corrected chi connectivity index (χ4v) is 1.50. The molecule has 0 saturated heterocycles. The lowest BCUT2D eigenvalue weighted by atomic mass is 10.1. The number of nitrogens with two attached hydrogens (primary N) is 1. The van der Waals surface area contributed by atoms with Crippen molar-refractivity contribution in [3.63, 3.8) is 0 Å². The molecule has 0 saturated carbocycles. The summed E-state index contributed by atoms with van der Waals surface area (Å²) in [6, 6.07) is 5.38. The van der Waals surface area contributed by atoms with Gasteiger partial charge in [0.1, 0.15) is 18.2 Å². The molecule has 5 heteroatoms. The van der Waals surface area contributed by atoms with Gasteiger partial charge in [-0.3, -0.25) is 5.41 Å². The summed E-state index contributed by atoms with van der Waals surface area (Å²) in [5, 5.41) is 7.50. The molecule has 0 aliphatic rings. The van der Waals surface area contributed by atoms with Gasteiger partial charge in [-0.25, -0.2) is 4.98 Å². The van der Waals surface area contributed by atoms with E-state index in [9.17, 15) is 0 Å². The molecule has 2 heterocycles. The number of hydrogen-bond donors (Lipinski definition) is 2. The zero-order chi connectivity index (χ0) is 12.3. The molecule has 3 N–H and O–H groups in total. The highest BCUT2D eigenvalue weighted by molar-refractivity contribution is 5.98. The van der Waals surface area contributed by atoms with Crippen molar-refractivity contribution in [1.82, 2.24) is 4.98 Å². The van der Waals surface area contributed by atoms with Crippen LogP contribution in [0.5, 0.6) is 5.88 Å². The molecule has 0 fully saturated rings. The maximum atomic E-state index is 7.50. The van der Waals surface area contributed by atoms with Gasteiger partial charge in [0.2, 0.25) is 5.88 Å². The minimum Gasteiger partial charge on any atom is -0.469 e. The van der Waals surface area contributed by atoms with Crippen LogP contribution in [-0.2, 0) is 6.61 Å². The molecule has 0 unspecified atom stereocenters. The molecule has 0 aromatic carbocycles. The first kappa shape index (κ1) is 11.2. The van der Waals surface area contributed by atoms with Gasteiger partial charge in [-0.05, 0) is 30.7 Å². The molecule has 2 rings (SSSR count). The molecule has 2 aromatic rings. The third-order valence-electron chi connectivity index (χ3n) is 2.33. The number of nitrogens with zero attached hydrogens (tertiary/aromatic N) is 1. The van der Waals surface area contributed by atoms with Gasteiger partial charge < -0.3 is 14.9 Å². The van der Waals surface area contributed by atoms with E-state index in [1.165, 1.54) is 0 Å². The minimum atomic E-state index is -0.0509. The Balaban J connectivity index is 2.21. The average Bonchev–Trinajstić information content (AvgIpc) is 2.78. The van der Waals surface area contributed by atoms with Crippen LogP contribution in [0.15, 0.2) is 35.1 Å². The normalized spacial score (nSPS) is 10.2. The van der Waals surface area contributed by atoms with E-state index in [1.54, 1.807) is 24.6 Å². The summed E-state index contributed by atoms with van der Waals surface area (Å²) < 4.78 is 10.6. The largest absolute Gasteiger partial charge is 0.469 e. The van der Waals surface area contributed by atoms with Crippen LogP contribution in [-0.4, -0.2) is 10.8 Å². The highest BCUT2D eigenvalue weighted by atomic mass is 16.5. The van der Waals surface area contributed by atoms with E-state index in [4.69, 9.17) is 20.3 Å². The number of nitrogens with one attached hydrogen (secondary N) is 1. The average molecular weight is 231 g/mol. The summed E-state index contributed by atoms with van der Waals surface area (Å²) >= 11 is 0. The predicted molar refractivity (Wildman–Crippen MR) is 63.0 cm³/mol. The second kappa shape index (κ2) is 4.69. The van der Waals surface area contributed by atoms with E-state index >= 15 is 0 Å². The Morgan fingerprint density at radius 1 is 1.53 bits per heavy atom. The van der Waals surface area contributed by atoms with Crippen LogP contribution in [0.25, 0.3) is 0 Å². The molecule has 88 valence electrons. The Labute approximate surface area is 98.7 Å². The smallest absolute Gasteiger partial charge is 0.225 e. The van der Waals surface area contributed by atoms with Crippen LogP contribution in [0.2, 0.25) is 0 Å². The highest BCUT2D eigenvalue weighted by Crippen LogP contribution is 2.19. The minimum absolute atomic E-state index is 0.0509. The van der Waals surface area contributed by atoms with Gasteiger partial charge in [0.25, 0.3) is 0 Å². The topological polar surface area (TPSA) is 85.1 Å². The number of nitrogen functional groups attached to an aromatic ring is 1. The molecular formula is C12H13N3O2. The molecule has 17 heavy (non-hydrogen) atoms. The highest BCUT2D eigenvalue weighted by Gasteiger charge is 2.11. The van der Waals surface area contributed by atoms with Gasteiger partial charge in [-0.2, -0.15) is 0 Å². The molecule has 0 aliphatic carbocycles. The summed E-state index contributed by atoms with van der Waals surface area (Å²) in [6.07, 6.45) is 3.20. The van der Waals surface area contributed by atoms with Crippen LogP contribution < -0.4 is 10.5 Å². The Morgan fingerprint density at radius 3 is 3.00 bits per heavy atom. The van der Waals surface area contributed by atoms with Crippen LogP contribution >= 0.6 is 0 Å². The summed E-state index contributed by atoms with van der Waals surface area (Å²) in [5.41, 5.74) is 6.89. The van der Waals surface area contributed by atoms with Crippen molar-refractivity contribution < 1.29 is 9.15 Å². The molecule has 5 nitrogen and oxygen atoms in total. The SMILES string of the molecule is Cc1ccnc(OCc2ccco2)c1C(=N)N.